The summed E-state index contributed by atoms with van der Waals surface area (Å²) in [7, 11) is 0. The van der Waals surface area contributed by atoms with Crippen LogP contribution >= 0.6 is 0 Å². The highest BCUT2D eigenvalue weighted by atomic mass is 16.5. The van der Waals surface area contributed by atoms with Gasteiger partial charge in [-0.25, -0.2) is 0 Å². The van der Waals surface area contributed by atoms with Crippen molar-refractivity contribution in [1.82, 2.24) is 5.32 Å². The standard InChI is InChI=1S/C14H21NO/c1-3-15-10-13-8-9-16-14(13)12-6-4-11(2)5-7-12/h4-7,13-15H,3,8-10H2,1-2H3. The van der Waals surface area contributed by atoms with Gasteiger partial charge >= 0.3 is 0 Å². The number of rotatable bonds is 4. The van der Waals surface area contributed by atoms with Crippen LogP contribution in [0.5, 0.6) is 0 Å². The molecule has 16 heavy (non-hydrogen) atoms. The van der Waals surface area contributed by atoms with E-state index in [1.807, 2.05) is 0 Å². The number of ether oxygens (including phenoxy) is 1. The third-order valence-electron chi connectivity index (χ3n) is 3.28. The second kappa shape index (κ2) is 5.46. The summed E-state index contributed by atoms with van der Waals surface area (Å²) in [5, 5.41) is 3.42. The molecular weight excluding hydrogens is 198 g/mol. The van der Waals surface area contributed by atoms with Crippen LogP contribution in [0.2, 0.25) is 0 Å². The number of hydrogen-bond acceptors (Lipinski definition) is 2. The van der Waals surface area contributed by atoms with Crippen LogP contribution in [0, 0.1) is 12.8 Å². The molecule has 1 aliphatic heterocycles. The molecule has 88 valence electrons. The Hall–Kier alpha value is -0.860. The van der Waals surface area contributed by atoms with Crippen LogP contribution < -0.4 is 5.32 Å². The second-order valence-electron chi connectivity index (χ2n) is 4.56. The maximum atomic E-state index is 5.85. The molecule has 1 N–H and O–H groups in total. The van der Waals surface area contributed by atoms with Crippen molar-refractivity contribution in [3.63, 3.8) is 0 Å². The zero-order chi connectivity index (χ0) is 11.4. The molecule has 1 aliphatic rings. The summed E-state index contributed by atoms with van der Waals surface area (Å²) in [6, 6.07) is 8.73. The molecule has 0 bridgehead atoms. The lowest BCUT2D eigenvalue weighted by molar-refractivity contribution is 0.0906. The summed E-state index contributed by atoms with van der Waals surface area (Å²) in [5.41, 5.74) is 2.64. The van der Waals surface area contributed by atoms with Gasteiger partial charge in [-0.1, -0.05) is 36.8 Å². The molecule has 0 radical (unpaired) electrons. The first-order chi connectivity index (χ1) is 7.81. The highest BCUT2D eigenvalue weighted by molar-refractivity contribution is 5.24. The summed E-state index contributed by atoms with van der Waals surface area (Å²) < 4.78 is 5.85. The maximum absolute atomic E-state index is 5.85. The van der Waals surface area contributed by atoms with Crippen molar-refractivity contribution in [2.75, 3.05) is 19.7 Å². The smallest absolute Gasteiger partial charge is 0.0866 e. The summed E-state index contributed by atoms with van der Waals surface area (Å²) in [4.78, 5) is 0. The fourth-order valence-electron chi connectivity index (χ4n) is 2.30. The van der Waals surface area contributed by atoms with E-state index in [4.69, 9.17) is 4.74 Å². The SMILES string of the molecule is CCNCC1CCOC1c1ccc(C)cc1. The van der Waals surface area contributed by atoms with Gasteiger partial charge in [-0.3, -0.25) is 0 Å². The van der Waals surface area contributed by atoms with Crippen molar-refractivity contribution >= 4 is 0 Å². The lowest BCUT2D eigenvalue weighted by Gasteiger charge is -2.19. The van der Waals surface area contributed by atoms with Crippen LogP contribution in [0.3, 0.4) is 0 Å². The Morgan fingerprint density at radius 1 is 1.31 bits per heavy atom. The molecule has 2 rings (SSSR count). The van der Waals surface area contributed by atoms with Gasteiger partial charge in [0, 0.05) is 19.1 Å². The van der Waals surface area contributed by atoms with Crippen LogP contribution in [0.25, 0.3) is 0 Å². The van der Waals surface area contributed by atoms with Crippen molar-refractivity contribution in [3.8, 4) is 0 Å². The fraction of sp³-hybridized carbons (Fsp3) is 0.571. The van der Waals surface area contributed by atoms with Gasteiger partial charge in [-0.2, -0.15) is 0 Å². The molecule has 0 saturated carbocycles. The van der Waals surface area contributed by atoms with Crippen molar-refractivity contribution < 1.29 is 4.74 Å². The number of nitrogens with one attached hydrogen (secondary N) is 1. The Kier molecular flexibility index (Phi) is 3.97. The monoisotopic (exact) mass is 219 g/mol. The van der Waals surface area contributed by atoms with Gasteiger partial charge in [0.2, 0.25) is 0 Å². The van der Waals surface area contributed by atoms with Gasteiger partial charge in [0.05, 0.1) is 6.10 Å². The second-order valence-corrected chi connectivity index (χ2v) is 4.56. The molecule has 1 heterocycles. The number of aryl methyl sites for hydroxylation is 1. The van der Waals surface area contributed by atoms with Crippen molar-refractivity contribution in [2.45, 2.75) is 26.4 Å². The van der Waals surface area contributed by atoms with E-state index in [2.05, 4.69) is 43.4 Å². The minimum atomic E-state index is 0.291. The van der Waals surface area contributed by atoms with E-state index in [9.17, 15) is 0 Å². The van der Waals surface area contributed by atoms with E-state index < -0.39 is 0 Å². The summed E-state index contributed by atoms with van der Waals surface area (Å²) >= 11 is 0. The molecule has 1 saturated heterocycles. The molecule has 1 aromatic carbocycles. The van der Waals surface area contributed by atoms with E-state index in [0.717, 1.165) is 19.7 Å². The quantitative estimate of drug-likeness (QED) is 0.840. The van der Waals surface area contributed by atoms with Gasteiger partial charge in [0.1, 0.15) is 0 Å². The number of hydrogen-bond donors (Lipinski definition) is 1. The number of benzene rings is 1. The minimum absolute atomic E-state index is 0.291. The van der Waals surface area contributed by atoms with Gasteiger partial charge in [0.15, 0.2) is 0 Å². The maximum Gasteiger partial charge on any atom is 0.0866 e. The topological polar surface area (TPSA) is 21.3 Å². The van der Waals surface area contributed by atoms with E-state index in [-0.39, 0.29) is 0 Å². The molecular formula is C14H21NO. The average Bonchev–Trinajstić information content (AvgIpc) is 2.75. The van der Waals surface area contributed by atoms with E-state index in [1.54, 1.807) is 0 Å². The summed E-state index contributed by atoms with van der Waals surface area (Å²) in [6.45, 7) is 7.27. The minimum Gasteiger partial charge on any atom is -0.373 e. The molecule has 1 fully saturated rings. The molecule has 0 spiro atoms. The van der Waals surface area contributed by atoms with Crippen LogP contribution in [0.1, 0.15) is 30.6 Å². The summed E-state index contributed by atoms with van der Waals surface area (Å²) in [5.74, 6) is 0.627. The highest BCUT2D eigenvalue weighted by Gasteiger charge is 2.28. The van der Waals surface area contributed by atoms with E-state index in [1.165, 1.54) is 17.5 Å². The molecule has 0 amide bonds. The third kappa shape index (κ3) is 2.63. The largest absolute Gasteiger partial charge is 0.373 e. The molecule has 0 aliphatic carbocycles. The van der Waals surface area contributed by atoms with Crippen LogP contribution in [0.4, 0.5) is 0 Å². The van der Waals surface area contributed by atoms with Gasteiger partial charge < -0.3 is 10.1 Å². The predicted molar refractivity (Wildman–Crippen MR) is 66.5 cm³/mol. The van der Waals surface area contributed by atoms with E-state index in [0.29, 0.717) is 12.0 Å². The predicted octanol–water partition coefficient (Wildman–Crippen LogP) is 2.68. The lowest BCUT2D eigenvalue weighted by Crippen LogP contribution is -2.24. The first kappa shape index (κ1) is 11.6. The van der Waals surface area contributed by atoms with Crippen LogP contribution in [-0.2, 0) is 4.74 Å². The molecule has 1 aromatic rings. The van der Waals surface area contributed by atoms with Gasteiger partial charge in [0.25, 0.3) is 0 Å². The lowest BCUT2D eigenvalue weighted by atomic mass is 9.95. The molecule has 2 unspecified atom stereocenters. The Bertz CT molecular complexity index is 320. The van der Waals surface area contributed by atoms with Gasteiger partial charge in [-0.05, 0) is 25.5 Å². The molecule has 0 aromatic heterocycles. The Labute approximate surface area is 98.0 Å². The van der Waals surface area contributed by atoms with Crippen molar-refractivity contribution in [3.05, 3.63) is 35.4 Å². The average molecular weight is 219 g/mol. The fourth-order valence-corrected chi connectivity index (χ4v) is 2.30. The summed E-state index contributed by atoms with van der Waals surface area (Å²) in [6.07, 6.45) is 1.46. The first-order valence-corrected chi connectivity index (χ1v) is 6.20. The molecule has 2 atom stereocenters. The Morgan fingerprint density at radius 3 is 2.75 bits per heavy atom. The normalized spacial score (nSPS) is 24.9. The third-order valence-corrected chi connectivity index (χ3v) is 3.28. The van der Waals surface area contributed by atoms with Gasteiger partial charge in [-0.15, -0.1) is 0 Å². The molecule has 2 heteroatoms. The zero-order valence-corrected chi connectivity index (χ0v) is 10.2. The molecule has 2 nitrogen and oxygen atoms in total. The van der Waals surface area contributed by atoms with Crippen molar-refractivity contribution in [1.29, 1.82) is 0 Å². The highest BCUT2D eigenvalue weighted by Crippen LogP contribution is 2.34. The van der Waals surface area contributed by atoms with Crippen LogP contribution in [-0.4, -0.2) is 19.7 Å². The Morgan fingerprint density at radius 2 is 2.06 bits per heavy atom. The van der Waals surface area contributed by atoms with E-state index >= 15 is 0 Å². The van der Waals surface area contributed by atoms with Crippen LogP contribution in [0.15, 0.2) is 24.3 Å². The zero-order valence-electron chi connectivity index (χ0n) is 10.2. The Balaban J connectivity index is 2.04. The van der Waals surface area contributed by atoms with Crippen molar-refractivity contribution in [2.24, 2.45) is 5.92 Å². The first-order valence-electron chi connectivity index (χ1n) is 6.20.